The molecule has 0 aromatic carbocycles. The number of aliphatic carboxylic acids is 1. The average Bonchev–Trinajstić information content (AvgIpc) is 2.31. The fraction of sp³-hybridized carbons (Fsp3) is 0.833. The van der Waals surface area contributed by atoms with E-state index in [1.807, 2.05) is 13.8 Å². The third-order valence-electron chi connectivity index (χ3n) is 3.53. The summed E-state index contributed by atoms with van der Waals surface area (Å²) in [5.41, 5.74) is -0.494. The van der Waals surface area contributed by atoms with Gasteiger partial charge in [0.25, 0.3) is 0 Å². The summed E-state index contributed by atoms with van der Waals surface area (Å²) in [5.74, 6) is -1.02. The van der Waals surface area contributed by atoms with E-state index in [4.69, 9.17) is 0 Å². The predicted molar refractivity (Wildman–Crippen MR) is 77.4 cm³/mol. The third kappa shape index (κ3) is 5.16. The van der Waals surface area contributed by atoms with Gasteiger partial charge in [0.15, 0.2) is 0 Å². The Balaban J connectivity index is 2.61. The Morgan fingerprint density at radius 2 is 1.95 bits per heavy atom. The first kappa shape index (κ1) is 17.7. The summed E-state index contributed by atoms with van der Waals surface area (Å²) in [6.07, 6.45) is 2.51. The predicted octanol–water partition coefficient (Wildman–Crippen LogP) is -0.180. The van der Waals surface area contributed by atoms with Crippen molar-refractivity contribution in [3.05, 3.63) is 0 Å². The molecule has 1 saturated heterocycles. The van der Waals surface area contributed by atoms with E-state index >= 15 is 0 Å². The van der Waals surface area contributed by atoms with Crippen molar-refractivity contribution in [3.8, 4) is 0 Å². The lowest BCUT2D eigenvalue weighted by atomic mass is 9.76. The molecule has 1 heterocycles. The summed E-state index contributed by atoms with van der Waals surface area (Å²) in [6.45, 7) is 4.22. The van der Waals surface area contributed by atoms with Crippen molar-refractivity contribution in [2.45, 2.75) is 32.7 Å². The monoisotopic (exact) mass is 321 g/mol. The van der Waals surface area contributed by atoms with Gasteiger partial charge in [-0.15, -0.1) is 0 Å². The number of piperidine rings is 1. The first-order valence-electron chi connectivity index (χ1n) is 6.76. The molecule has 0 aliphatic carbocycles. The number of urea groups is 1. The standard InChI is InChI=1S/C12H23N3O5S/c1-12(2)5-4-8-15(9(12)10(16)17)11(18)13-6-7-14-21(3,19)20/h9,14H,4-8H2,1-3H3,(H,13,18)(H,16,17). The molecular formula is C12H23N3O5S. The van der Waals surface area contributed by atoms with Crippen LogP contribution >= 0.6 is 0 Å². The molecule has 0 radical (unpaired) electrons. The van der Waals surface area contributed by atoms with Crippen LogP contribution in [0.2, 0.25) is 0 Å². The second-order valence-electron chi connectivity index (χ2n) is 5.92. The van der Waals surface area contributed by atoms with E-state index in [-0.39, 0.29) is 13.1 Å². The highest BCUT2D eigenvalue weighted by Gasteiger charge is 2.44. The number of carbonyl (C=O) groups is 2. The minimum Gasteiger partial charge on any atom is -0.480 e. The van der Waals surface area contributed by atoms with Gasteiger partial charge >= 0.3 is 12.0 Å². The number of nitrogens with zero attached hydrogens (tertiary/aromatic N) is 1. The molecule has 0 saturated carbocycles. The molecule has 1 aliphatic rings. The number of rotatable bonds is 5. The molecule has 1 atom stereocenters. The van der Waals surface area contributed by atoms with Crippen molar-refractivity contribution in [2.75, 3.05) is 25.9 Å². The maximum Gasteiger partial charge on any atom is 0.327 e. The SMILES string of the molecule is CC1(C)CCCN(C(=O)NCCNS(C)(=O)=O)C1C(=O)O. The molecule has 8 nitrogen and oxygen atoms in total. The van der Waals surface area contributed by atoms with E-state index in [9.17, 15) is 23.1 Å². The van der Waals surface area contributed by atoms with Gasteiger partial charge in [-0.2, -0.15) is 0 Å². The van der Waals surface area contributed by atoms with Gasteiger partial charge in [-0.25, -0.2) is 22.7 Å². The van der Waals surface area contributed by atoms with Gasteiger partial charge in [-0.05, 0) is 18.3 Å². The van der Waals surface area contributed by atoms with Crippen LogP contribution in [0, 0.1) is 5.41 Å². The molecule has 1 rings (SSSR count). The fourth-order valence-corrected chi connectivity index (χ4v) is 3.06. The van der Waals surface area contributed by atoms with Gasteiger partial charge < -0.3 is 15.3 Å². The molecule has 1 fully saturated rings. The zero-order valence-corrected chi connectivity index (χ0v) is 13.4. The molecule has 0 spiro atoms. The lowest BCUT2D eigenvalue weighted by molar-refractivity contribution is -0.148. The quantitative estimate of drug-likeness (QED) is 0.608. The van der Waals surface area contributed by atoms with Crippen LogP contribution in [0.25, 0.3) is 0 Å². The molecule has 122 valence electrons. The van der Waals surface area contributed by atoms with Crippen molar-refractivity contribution >= 4 is 22.0 Å². The smallest absolute Gasteiger partial charge is 0.327 e. The summed E-state index contributed by atoms with van der Waals surface area (Å²) in [5, 5.41) is 11.9. The van der Waals surface area contributed by atoms with Crippen molar-refractivity contribution < 1.29 is 23.1 Å². The number of likely N-dealkylation sites (tertiary alicyclic amines) is 1. The van der Waals surface area contributed by atoms with Crippen LogP contribution < -0.4 is 10.0 Å². The van der Waals surface area contributed by atoms with E-state index in [1.54, 1.807) is 0 Å². The molecule has 3 N–H and O–H groups in total. The Labute approximate surface area is 124 Å². The molecule has 9 heteroatoms. The molecule has 21 heavy (non-hydrogen) atoms. The van der Waals surface area contributed by atoms with Crippen LogP contribution in [0.4, 0.5) is 4.79 Å². The van der Waals surface area contributed by atoms with Crippen LogP contribution in [0.5, 0.6) is 0 Å². The van der Waals surface area contributed by atoms with Crippen LogP contribution in [0.15, 0.2) is 0 Å². The highest BCUT2D eigenvalue weighted by molar-refractivity contribution is 7.88. The van der Waals surface area contributed by atoms with Crippen LogP contribution in [0.3, 0.4) is 0 Å². The second kappa shape index (κ2) is 6.61. The Bertz CT molecular complexity index is 503. The molecule has 0 aromatic rings. The summed E-state index contributed by atoms with van der Waals surface area (Å²) in [4.78, 5) is 24.8. The zero-order chi connectivity index (χ0) is 16.3. The number of amides is 2. The largest absolute Gasteiger partial charge is 0.480 e. The number of nitrogens with one attached hydrogen (secondary N) is 2. The summed E-state index contributed by atoms with van der Waals surface area (Å²) >= 11 is 0. The van der Waals surface area contributed by atoms with Gasteiger partial charge in [0.2, 0.25) is 10.0 Å². The maximum absolute atomic E-state index is 12.1. The normalized spacial score (nSPS) is 21.9. The number of carboxylic acid groups (broad SMARTS) is 1. The minimum absolute atomic E-state index is 0.0690. The molecule has 1 unspecified atom stereocenters. The van der Waals surface area contributed by atoms with Crippen LogP contribution in [-0.4, -0.2) is 62.4 Å². The number of carboxylic acids is 1. The average molecular weight is 321 g/mol. The Kier molecular flexibility index (Phi) is 5.57. The van der Waals surface area contributed by atoms with Gasteiger partial charge in [0.1, 0.15) is 6.04 Å². The first-order chi connectivity index (χ1) is 9.54. The molecular weight excluding hydrogens is 298 g/mol. The number of hydrogen-bond donors (Lipinski definition) is 3. The zero-order valence-electron chi connectivity index (χ0n) is 12.5. The third-order valence-corrected chi connectivity index (χ3v) is 4.26. The van der Waals surface area contributed by atoms with E-state index < -0.39 is 33.5 Å². The van der Waals surface area contributed by atoms with Crippen molar-refractivity contribution in [1.29, 1.82) is 0 Å². The van der Waals surface area contributed by atoms with E-state index in [1.165, 1.54) is 4.90 Å². The Hall–Kier alpha value is -1.35. The van der Waals surface area contributed by atoms with Gasteiger partial charge in [-0.1, -0.05) is 13.8 Å². The Morgan fingerprint density at radius 1 is 1.33 bits per heavy atom. The molecule has 2 amide bonds. The van der Waals surface area contributed by atoms with Gasteiger partial charge in [0, 0.05) is 19.6 Å². The first-order valence-corrected chi connectivity index (χ1v) is 8.66. The van der Waals surface area contributed by atoms with Crippen molar-refractivity contribution in [1.82, 2.24) is 14.9 Å². The van der Waals surface area contributed by atoms with Gasteiger partial charge in [0.05, 0.1) is 6.26 Å². The van der Waals surface area contributed by atoms with Crippen molar-refractivity contribution in [3.63, 3.8) is 0 Å². The maximum atomic E-state index is 12.1. The molecule has 0 bridgehead atoms. The van der Waals surface area contributed by atoms with Gasteiger partial charge in [-0.3, -0.25) is 0 Å². The number of carbonyl (C=O) groups excluding carboxylic acids is 1. The highest BCUT2D eigenvalue weighted by atomic mass is 32.2. The molecule has 1 aliphatic heterocycles. The summed E-state index contributed by atoms with van der Waals surface area (Å²) < 4.78 is 24.0. The highest BCUT2D eigenvalue weighted by Crippen LogP contribution is 2.35. The lowest BCUT2D eigenvalue weighted by Crippen LogP contribution is -2.59. The Morgan fingerprint density at radius 3 is 2.48 bits per heavy atom. The van der Waals surface area contributed by atoms with E-state index in [2.05, 4.69) is 10.0 Å². The van der Waals surface area contributed by atoms with Crippen molar-refractivity contribution in [2.24, 2.45) is 5.41 Å². The van der Waals surface area contributed by atoms with Crippen LogP contribution in [0.1, 0.15) is 26.7 Å². The number of hydrogen-bond acceptors (Lipinski definition) is 4. The van der Waals surface area contributed by atoms with E-state index in [0.717, 1.165) is 19.1 Å². The van der Waals surface area contributed by atoms with E-state index in [0.29, 0.717) is 6.54 Å². The summed E-state index contributed by atoms with van der Waals surface area (Å²) in [7, 11) is -3.30. The molecule has 0 aromatic heterocycles. The topological polar surface area (TPSA) is 116 Å². The minimum atomic E-state index is -3.30. The number of sulfonamides is 1. The van der Waals surface area contributed by atoms with Crippen LogP contribution in [-0.2, 0) is 14.8 Å². The fourth-order valence-electron chi connectivity index (χ4n) is 2.59. The second-order valence-corrected chi connectivity index (χ2v) is 7.76. The summed E-state index contributed by atoms with van der Waals surface area (Å²) in [6, 6.07) is -1.36. The lowest BCUT2D eigenvalue weighted by Gasteiger charge is -2.43.